The van der Waals surface area contributed by atoms with E-state index >= 15 is 0 Å². The van der Waals surface area contributed by atoms with Crippen molar-refractivity contribution in [1.82, 2.24) is 0 Å². The Labute approximate surface area is 134 Å². The molecule has 1 N–H and O–H groups in total. The standard InChI is InChI=1S/C16H14Cl2N2O/c1-10(13-8-12(17)4-5-14(13)18)20-15-6-3-11(9-19)7-16(15)21-2/h3-8,10,20H,1-2H3. The molecule has 0 aliphatic carbocycles. The molecule has 2 aromatic rings. The Morgan fingerprint density at radius 1 is 1.19 bits per heavy atom. The minimum absolute atomic E-state index is 0.0574. The molecule has 3 nitrogen and oxygen atoms in total. The molecule has 0 aliphatic heterocycles. The van der Waals surface area contributed by atoms with Gasteiger partial charge in [0, 0.05) is 16.1 Å². The van der Waals surface area contributed by atoms with Crippen LogP contribution in [0.2, 0.25) is 10.0 Å². The summed E-state index contributed by atoms with van der Waals surface area (Å²) in [5, 5.41) is 13.5. The molecule has 0 amide bonds. The SMILES string of the molecule is COc1cc(C#N)ccc1NC(C)c1cc(Cl)ccc1Cl. The summed E-state index contributed by atoms with van der Waals surface area (Å²) in [7, 11) is 1.57. The van der Waals surface area contributed by atoms with Crippen LogP contribution in [0.15, 0.2) is 36.4 Å². The fourth-order valence-electron chi connectivity index (χ4n) is 2.04. The number of nitriles is 1. The summed E-state index contributed by atoms with van der Waals surface area (Å²) >= 11 is 12.2. The quantitative estimate of drug-likeness (QED) is 0.857. The van der Waals surface area contributed by atoms with Crippen LogP contribution in [-0.4, -0.2) is 7.11 Å². The third-order valence-corrected chi connectivity index (χ3v) is 3.71. The van der Waals surface area contributed by atoms with Crippen LogP contribution in [0, 0.1) is 11.3 Å². The Bertz CT molecular complexity index is 695. The van der Waals surface area contributed by atoms with Crippen molar-refractivity contribution in [1.29, 1.82) is 5.26 Å². The van der Waals surface area contributed by atoms with Crippen molar-refractivity contribution < 1.29 is 4.74 Å². The summed E-state index contributed by atoms with van der Waals surface area (Å²) in [6.07, 6.45) is 0. The van der Waals surface area contributed by atoms with Gasteiger partial charge in [-0.2, -0.15) is 5.26 Å². The third-order valence-electron chi connectivity index (χ3n) is 3.13. The van der Waals surface area contributed by atoms with Crippen molar-refractivity contribution in [3.8, 4) is 11.8 Å². The molecule has 0 saturated carbocycles. The Morgan fingerprint density at radius 3 is 2.62 bits per heavy atom. The second-order valence-electron chi connectivity index (χ2n) is 4.56. The molecule has 1 atom stereocenters. The zero-order valence-corrected chi connectivity index (χ0v) is 13.2. The molecular weight excluding hydrogens is 307 g/mol. The molecule has 0 heterocycles. The van der Waals surface area contributed by atoms with E-state index in [0.29, 0.717) is 21.4 Å². The van der Waals surface area contributed by atoms with Crippen molar-refractivity contribution >= 4 is 28.9 Å². The van der Waals surface area contributed by atoms with Crippen molar-refractivity contribution in [3.63, 3.8) is 0 Å². The number of nitrogens with zero attached hydrogens (tertiary/aromatic N) is 1. The van der Waals surface area contributed by atoms with Crippen molar-refractivity contribution in [2.24, 2.45) is 0 Å². The van der Waals surface area contributed by atoms with Gasteiger partial charge in [-0.1, -0.05) is 23.2 Å². The molecule has 108 valence electrons. The average molecular weight is 321 g/mol. The van der Waals surface area contributed by atoms with Crippen LogP contribution in [-0.2, 0) is 0 Å². The highest BCUT2D eigenvalue weighted by molar-refractivity contribution is 6.33. The molecule has 0 aliphatic rings. The number of hydrogen-bond donors (Lipinski definition) is 1. The van der Waals surface area contributed by atoms with E-state index in [0.717, 1.165) is 11.3 Å². The van der Waals surface area contributed by atoms with Crippen molar-refractivity contribution in [2.75, 3.05) is 12.4 Å². The molecule has 2 aromatic carbocycles. The molecule has 1 unspecified atom stereocenters. The fraction of sp³-hybridized carbons (Fsp3) is 0.188. The van der Waals surface area contributed by atoms with Gasteiger partial charge < -0.3 is 10.1 Å². The topological polar surface area (TPSA) is 45.0 Å². The van der Waals surface area contributed by atoms with Crippen LogP contribution in [0.3, 0.4) is 0 Å². The molecule has 0 bridgehead atoms. The second-order valence-corrected chi connectivity index (χ2v) is 5.40. The molecule has 0 spiro atoms. The molecular formula is C16H14Cl2N2O. The maximum Gasteiger partial charge on any atom is 0.143 e. The molecule has 2 rings (SSSR count). The number of anilines is 1. The number of nitrogens with one attached hydrogen (secondary N) is 1. The van der Waals surface area contributed by atoms with E-state index in [2.05, 4.69) is 11.4 Å². The van der Waals surface area contributed by atoms with Gasteiger partial charge in [-0.25, -0.2) is 0 Å². The number of rotatable bonds is 4. The monoisotopic (exact) mass is 320 g/mol. The largest absolute Gasteiger partial charge is 0.495 e. The van der Waals surface area contributed by atoms with Crippen molar-refractivity contribution in [3.05, 3.63) is 57.6 Å². The number of halogens is 2. The van der Waals surface area contributed by atoms with E-state index in [-0.39, 0.29) is 6.04 Å². The summed E-state index contributed by atoms with van der Waals surface area (Å²) in [5.41, 5.74) is 2.24. The second kappa shape index (κ2) is 6.71. The Morgan fingerprint density at radius 2 is 1.95 bits per heavy atom. The summed E-state index contributed by atoms with van der Waals surface area (Å²) in [4.78, 5) is 0. The zero-order valence-electron chi connectivity index (χ0n) is 11.7. The summed E-state index contributed by atoms with van der Waals surface area (Å²) < 4.78 is 5.31. The van der Waals surface area contributed by atoms with E-state index in [4.69, 9.17) is 33.2 Å². The molecule has 0 fully saturated rings. The first-order valence-corrected chi connectivity index (χ1v) is 7.10. The molecule has 21 heavy (non-hydrogen) atoms. The highest BCUT2D eigenvalue weighted by Crippen LogP contribution is 2.32. The van der Waals surface area contributed by atoms with E-state index in [1.54, 1.807) is 31.4 Å². The van der Waals surface area contributed by atoms with Gasteiger partial charge in [0.1, 0.15) is 5.75 Å². The van der Waals surface area contributed by atoms with Gasteiger partial charge in [0.15, 0.2) is 0 Å². The van der Waals surface area contributed by atoms with Crippen LogP contribution in [0.4, 0.5) is 5.69 Å². The van der Waals surface area contributed by atoms with Crippen LogP contribution in [0.25, 0.3) is 0 Å². The van der Waals surface area contributed by atoms with Crippen LogP contribution < -0.4 is 10.1 Å². The smallest absolute Gasteiger partial charge is 0.143 e. The summed E-state index contributed by atoms with van der Waals surface area (Å²) in [6.45, 7) is 1.98. The summed E-state index contributed by atoms with van der Waals surface area (Å²) in [5.74, 6) is 0.610. The molecule has 0 aromatic heterocycles. The van der Waals surface area contributed by atoms with Gasteiger partial charge in [0.05, 0.1) is 30.5 Å². The van der Waals surface area contributed by atoms with E-state index in [1.807, 2.05) is 19.1 Å². The minimum atomic E-state index is -0.0574. The Balaban J connectivity index is 2.29. The Hall–Kier alpha value is -1.89. The fourth-order valence-corrected chi connectivity index (χ4v) is 2.50. The lowest BCUT2D eigenvalue weighted by Gasteiger charge is -2.19. The van der Waals surface area contributed by atoms with Gasteiger partial charge in [-0.3, -0.25) is 0 Å². The average Bonchev–Trinajstić information content (AvgIpc) is 2.49. The lowest BCUT2D eigenvalue weighted by atomic mass is 10.1. The number of benzene rings is 2. The van der Waals surface area contributed by atoms with Crippen LogP contribution in [0.5, 0.6) is 5.75 Å². The lowest BCUT2D eigenvalue weighted by Crippen LogP contribution is -2.08. The van der Waals surface area contributed by atoms with Crippen LogP contribution in [0.1, 0.15) is 24.1 Å². The first kappa shape index (κ1) is 15.5. The predicted molar refractivity (Wildman–Crippen MR) is 86.2 cm³/mol. The Kier molecular flexibility index (Phi) is 4.95. The van der Waals surface area contributed by atoms with E-state index in [9.17, 15) is 0 Å². The van der Waals surface area contributed by atoms with Crippen LogP contribution >= 0.6 is 23.2 Å². The van der Waals surface area contributed by atoms with Gasteiger partial charge in [0.2, 0.25) is 0 Å². The molecule has 0 radical (unpaired) electrons. The van der Waals surface area contributed by atoms with Crippen molar-refractivity contribution in [2.45, 2.75) is 13.0 Å². The molecule has 5 heteroatoms. The normalized spacial score (nSPS) is 11.6. The third kappa shape index (κ3) is 3.60. The van der Waals surface area contributed by atoms with E-state index in [1.165, 1.54) is 0 Å². The minimum Gasteiger partial charge on any atom is -0.495 e. The highest BCUT2D eigenvalue weighted by atomic mass is 35.5. The van der Waals surface area contributed by atoms with Gasteiger partial charge in [0.25, 0.3) is 0 Å². The van der Waals surface area contributed by atoms with E-state index < -0.39 is 0 Å². The highest BCUT2D eigenvalue weighted by Gasteiger charge is 2.13. The first-order chi connectivity index (χ1) is 10.0. The van der Waals surface area contributed by atoms with Gasteiger partial charge in [-0.05, 0) is 42.8 Å². The summed E-state index contributed by atoms with van der Waals surface area (Å²) in [6, 6.07) is 12.6. The molecule has 0 saturated heterocycles. The maximum absolute atomic E-state index is 8.92. The predicted octanol–water partition coefficient (Wildman–Crippen LogP) is 5.05. The number of methoxy groups -OCH3 is 1. The lowest BCUT2D eigenvalue weighted by molar-refractivity contribution is 0.416. The first-order valence-electron chi connectivity index (χ1n) is 6.34. The zero-order chi connectivity index (χ0) is 15.4. The number of hydrogen-bond acceptors (Lipinski definition) is 3. The van der Waals surface area contributed by atoms with Gasteiger partial charge in [-0.15, -0.1) is 0 Å². The number of ether oxygens (including phenoxy) is 1. The maximum atomic E-state index is 8.92. The van der Waals surface area contributed by atoms with Gasteiger partial charge >= 0.3 is 0 Å².